The van der Waals surface area contributed by atoms with Gasteiger partial charge in [0.25, 0.3) is 0 Å². The van der Waals surface area contributed by atoms with Crippen LogP contribution >= 0.6 is 11.3 Å². The molecule has 3 N–H and O–H groups in total. The maximum atomic E-state index is 9.25. The Morgan fingerprint density at radius 2 is 1.20 bits per heavy atom. The third-order valence-corrected chi connectivity index (χ3v) is 9.80. The Morgan fingerprint density at radius 1 is 0.609 bits per heavy atom. The van der Waals surface area contributed by atoms with Gasteiger partial charge in [0.15, 0.2) is 5.84 Å². The molecule has 0 saturated carbocycles. The van der Waals surface area contributed by atoms with Crippen LogP contribution in [0, 0.1) is 5.41 Å². The van der Waals surface area contributed by atoms with Gasteiger partial charge < -0.3 is 5.73 Å². The SMILES string of the molecule is CC(C)(C)c1ccc(-c2ccc(C(=N)N=C(N)c3ccccc3)c3c2sc2c(-c4ccccc4)cc(-c4ccccc4)cc23)cc1. The number of rotatable bonds is 5. The summed E-state index contributed by atoms with van der Waals surface area (Å²) in [5.41, 5.74) is 16.3. The van der Waals surface area contributed by atoms with E-state index in [1.165, 1.54) is 15.8 Å². The Hall–Kier alpha value is -5.32. The Kier molecular flexibility index (Phi) is 7.59. The highest BCUT2D eigenvalue weighted by Gasteiger charge is 2.21. The first kappa shape index (κ1) is 29.4. The van der Waals surface area contributed by atoms with Gasteiger partial charge in [0, 0.05) is 36.9 Å². The predicted octanol–water partition coefficient (Wildman–Crippen LogP) is 11.1. The smallest absolute Gasteiger partial charge is 0.154 e. The number of amidine groups is 2. The number of hydrogen-bond acceptors (Lipinski definition) is 2. The van der Waals surface area contributed by atoms with E-state index in [1.807, 2.05) is 42.5 Å². The number of nitrogens with zero attached hydrogens (tertiary/aromatic N) is 1. The molecule has 0 atom stereocenters. The van der Waals surface area contributed by atoms with Crippen molar-refractivity contribution in [3.63, 3.8) is 0 Å². The summed E-state index contributed by atoms with van der Waals surface area (Å²) < 4.78 is 2.32. The number of hydrogen-bond donors (Lipinski definition) is 2. The van der Waals surface area contributed by atoms with Crippen molar-refractivity contribution in [3.05, 3.63) is 156 Å². The van der Waals surface area contributed by atoms with Gasteiger partial charge in [-0.05, 0) is 57.0 Å². The molecule has 0 spiro atoms. The van der Waals surface area contributed by atoms with Gasteiger partial charge in [-0.25, -0.2) is 4.99 Å². The second-order valence-electron chi connectivity index (χ2n) is 12.6. The number of thiophene rings is 1. The molecule has 0 radical (unpaired) electrons. The molecular weight excluding hydrogens is 579 g/mol. The number of nitrogens with two attached hydrogens (primary N) is 1. The second-order valence-corrected chi connectivity index (χ2v) is 13.7. The second kappa shape index (κ2) is 11.9. The van der Waals surface area contributed by atoms with Crippen LogP contribution in [0.25, 0.3) is 53.6 Å². The van der Waals surface area contributed by atoms with Gasteiger partial charge in [-0.3, -0.25) is 5.41 Å². The lowest BCUT2D eigenvalue weighted by Crippen LogP contribution is -2.15. The van der Waals surface area contributed by atoms with Gasteiger partial charge in [0.2, 0.25) is 0 Å². The van der Waals surface area contributed by atoms with E-state index in [9.17, 15) is 5.41 Å². The predicted molar refractivity (Wildman–Crippen MR) is 198 cm³/mol. The lowest BCUT2D eigenvalue weighted by molar-refractivity contribution is 0.590. The minimum atomic E-state index is 0.0690. The number of benzene rings is 6. The van der Waals surface area contributed by atoms with Crippen molar-refractivity contribution in [2.24, 2.45) is 10.7 Å². The minimum absolute atomic E-state index is 0.0690. The van der Waals surface area contributed by atoms with Crippen LogP contribution < -0.4 is 5.73 Å². The number of aliphatic imine (C=N–C) groups is 1. The van der Waals surface area contributed by atoms with Gasteiger partial charge in [-0.1, -0.05) is 142 Å². The molecule has 0 bridgehead atoms. The molecule has 0 unspecified atom stereocenters. The van der Waals surface area contributed by atoms with Crippen LogP contribution in [0.15, 0.2) is 145 Å². The number of nitrogens with one attached hydrogen (secondary N) is 1. The number of fused-ring (bicyclic) bond motifs is 3. The van der Waals surface area contributed by atoms with E-state index < -0.39 is 0 Å². The summed E-state index contributed by atoms with van der Waals surface area (Å²) in [5, 5.41) is 11.4. The van der Waals surface area contributed by atoms with E-state index in [-0.39, 0.29) is 11.3 Å². The first-order valence-electron chi connectivity index (χ1n) is 15.5. The summed E-state index contributed by atoms with van der Waals surface area (Å²) in [4.78, 5) is 4.64. The molecule has 4 heteroatoms. The molecule has 3 nitrogen and oxygen atoms in total. The standard InChI is InChI=1S/C42H35N3S/c1-42(2,3)32-21-19-29(20-22-32)33-23-24-34(41(44)45-40(43)30-17-11-6-12-18-30)37-36-26-31(27-13-7-4-8-14-27)25-35(38(36)46-39(33)37)28-15-9-5-10-16-28/h4-26H,1-3H3,(H3,43,44,45). The van der Waals surface area contributed by atoms with Crippen LogP contribution in [-0.4, -0.2) is 11.7 Å². The summed E-state index contributed by atoms with van der Waals surface area (Å²) in [5.74, 6) is 0.474. The Bertz CT molecular complexity index is 2220. The largest absolute Gasteiger partial charge is 0.383 e. The molecule has 7 aromatic rings. The first-order valence-corrected chi connectivity index (χ1v) is 16.3. The molecule has 0 fully saturated rings. The molecular formula is C42H35N3S. The molecule has 0 saturated heterocycles. The zero-order valence-corrected chi connectivity index (χ0v) is 27.0. The fourth-order valence-corrected chi connectivity index (χ4v) is 7.42. The van der Waals surface area contributed by atoms with Crippen LogP contribution in [0.5, 0.6) is 0 Å². The molecule has 6 aromatic carbocycles. The van der Waals surface area contributed by atoms with Gasteiger partial charge >= 0.3 is 0 Å². The maximum absolute atomic E-state index is 9.25. The minimum Gasteiger partial charge on any atom is -0.383 e. The molecule has 46 heavy (non-hydrogen) atoms. The Labute approximate surface area is 274 Å². The zero-order valence-electron chi connectivity index (χ0n) is 26.2. The molecule has 0 aliphatic rings. The lowest BCUT2D eigenvalue weighted by Gasteiger charge is -2.19. The third kappa shape index (κ3) is 5.53. The van der Waals surface area contributed by atoms with Crippen LogP contribution in [0.3, 0.4) is 0 Å². The van der Waals surface area contributed by atoms with Gasteiger partial charge in [0.1, 0.15) is 5.84 Å². The van der Waals surface area contributed by atoms with Crippen molar-refractivity contribution in [2.45, 2.75) is 26.2 Å². The van der Waals surface area contributed by atoms with Gasteiger partial charge in [0.05, 0.1) is 0 Å². The molecule has 0 amide bonds. The fraction of sp³-hybridized carbons (Fsp3) is 0.0952. The quantitative estimate of drug-likeness (QED) is 0.147. The van der Waals surface area contributed by atoms with E-state index in [1.54, 1.807) is 11.3 Å². The topological polar surface area (TPSA) is 62.2 Å². The highest BCUT2D eigenvalue weighted by Crippen LogP contribution is 2.47. The van der Waals surface area contributed by atoms with Gasteiger partial charge in [-0.15, -0.1) is 11.3 Å². The van der Waals surface area contributed by atoms with Crippen molar-refractivity contribution in [2.75, 3.05) is 0 Å². The van der Waals surface area contributed by atoms with Crippen molar-refractivity contribution < 1.29 is 0 Å². The zero-order chi connectivity index (χ0) is 31.8. The molecule has 0 aliphatic heterocycles. The summed E-state index contributed by atoms with van der Waals surface area (Å²) in [7, 11) is 0. The van der Waals surface area contributed by atoms with Crippen LogP contribution in [0.2, 0.25) is 0 Å². The van der Waals surface area contributed by atoms with Gasteiger partial charge in [-0.2, -0.15) is 0 Å². The summed E-state index contributed by atoms with van der Waals surface area (Å²) in [6, 6.07) is 48.4. The van der Waals surface area contributed by atoms with Crippen LogP contribution in [0.1, 0.15) is 37.5 Å². The summed E-state index contributed by atoms with van der Waals surface area (Å²) >= 11 is 1.79. The van der Waals surface area contributed by atoms with E-state index >= 15 is 0 Å². The fourth-order valence-electron chi connectivity index (χ4n) is 6.04. The average molecular weight is 614 g/mol. The summed E-state index contributed by atoms with van der Waals surface area (Å²) in [6.45, 7) is 6.72. The Morgan fingerprint density at radius 3 is 1.83 bits per heavy atom. The van der Waals surface area contributed by atoms with E-state index in [4.69, 9.17) is 5.73 Å². The normalized spacial score (nSPS) is 12.1. The van der Waals surface area contributed by atoms with Crippen molar-refractivity contribution in [3.8, 4) is 33.4 Å². The van der Waals surface area contributed by atoms with Crippen molar-refractivity contribution in [1.82, 2.24) is 0 Å². The van der Waals surface area contributed by atoms with Crippen molar-refractivity contribution in [1.29, 1.82) is 5.41 Å². The molecule has 1 aromatic heterocycles. The highest BCUT2D eigenvalue weighted by atomic mass is 32.1. The lowest BCUT2D eigenvalue weighted by atomic mass is 9.86. The highest BCUT2D eigenvalue weighted by molar-refractivity contribution is 7.27. The molecule has 7 rings (SSSR count). The average Bonchev–Trinajstić information content (AvgIpc) is 3.48. The molecule has 0 aliphatic carbocycles. The van der Waals surface area contributed by atoms with E-state index in [0.717, 1.165) is 54.4 Å². The monoisotopic (exact) mass is 613 g/mol. The molecule has 1 heterocycles. The first-order chi connectivity index (χ1) is 22.3. The van der Waals surface area contributed by atoms with Crippen LogP contribution in [-0.2, 0) is 5.41 Å². The van der Waals surface area contributed by atoms with Crippen molar-refractivity contribution >= 4 is 43.2 Å². The van der Waals surface area contributed by atoms with Crippen LogP contribution in [0.4, 0.5) is 0 Å². The third-order valence-electron chi connectivity index (χ3n) is 8.53. The Balaban J connectivity index is 1.53. The van der Waals surface area contributed by atoms with E-state index in [2.05, 4.69) is 123 Å². The molecule has 224 valence electrons. The summed E-state index contributed by atoms with van der Waals surface area (Å²) in [6.07, 6.45) is 0. The van der Waals surface area contributed by atoms with E-state index in [0.29, 0.717) is 5.84 Å². The maximum Gasteiger partial charge on any atom is 0.154 e.